The molecule has 0 aromatic heterocycles. The van der Waals surface area contributed by atoms with Crippen LogP contribution in [0.2, 0.25) is 0 Å². The van der Waals surface area contributed by atoms with Crippen LogP contribution in [0.15, 0.2) is 36.1 Å². The van der Waals surface area contributed by atoms with Crippen molar-refractivity contribution in [1.29, 1.82) is 0 Å². The van der Waals surface area contributed by atoms with Gasteiger partial charge in [0.25, 0.3) is 0 Å². The van der Waals surface area contributed by atoms with Gasteiger partial charge in [-0.05, 0) is 18.6 Å². The van der Waals surface area contributed by atoms with Crippen molar-refractivity contribution in [3.05, 3.63) is 36.1 Å². The molecule has 13 heavy (non-hydrogen) atoms. The van der Waals surface area contributed by atoms with Crippen LogP contribution in [-0.2, 0) is 4.79 Å². The fourth-order valence-electron chi connectivity index (χ4n) is 0.734. The zero-order valence-electron chi connectivity index (χ0n) is 8.03. The van der Waals surface area contributed by atoms with E-state index < -0.39 is 0 Å². The molecule has 0 saturated heterocycles. The summed E-state index contributed by atoms with van der Waals surface area (Å²) in [7, 11) is 1.66. The Hall–Kier alpha value is -1.35. The number of aliphatic hydroxyl groups excluding tert-OH is 1. The number of rotatable bonds is 5. The number of carbonyl (C=O) groups is 1. The van der Waals surface area contributed by atoms with Gasteiger partial charge in [-0.2, -0.15) is 0 Å². The Morgan fingerprint density at radius 1 is 1.54 bits per heavy atom. The molecule has 72 valence electrons. The third-order valence-electron chi connectivity index (χ3n) is 1.55. The highest BCUT2D eigenvalue weighted by molar-refractivity contribution is 5.52. The average molecular weight is 181 g/mol. The first-order valence-corrected chi connectivity index (χ1v) is 3.96. The Morgan fingerprint density at radius 2 is 2.15 bits per heavy atom. The summed E-state index contributed by atoms with van der Waals surface area (Å²) in [4.78, 5) is 11.8. The molecule has 0 unspecified atom stereocenters. The van der Waals surface area contributed by atoms with E-state index in [0.29, 0.717) is 5.57 Å². The smallest absolute Gasteiger partial charge is 0.213 e. The maximum atomic E-state index is 10.4. The van der Waals surface area contributed by atoms with E-state index in [9.17, 15) is 4.79 Å². The molecule has 0 radical (unpaired) electrons. The molecule has 3 nitrogen and oxygen atoms in total. The lowest BCUT2D eigenvalue weighted by atomic mass is 10.2. The summed E-state index contributed by atoms with van der Waals surface area (Å²) in [5, 5.41) is 8.66. The lowest BCUT2D eigenvalue weighted by molar-refractivity contribution is -0.115. The van der Waals surface area contributed by atoms with Crippen LogP contribution in [0.4, 0.5) is 0 Å². The van der Waals surface area contributed by atoms with Gasteiger partial charge in [0, 0.05) is 12.7 Å². The number of amides is 1. The van der Waals surface area contributed by atoms with Crippen molar-refractivity contribution in [3.8, 4) is 0 Å². The minimum Gasteiger partial charge on any atom is -0.392 e. The van der Waals surface area contributed by atoms with Gasteiger partial charge in [0.1, 0.15) is 0 Å². The minimum atomic E-state index is -0.0711. The van der Waals surface area contributed by atoms with Crippen molar-refractivity contribution in [2.45, 2.75) is 6.92 Å². The Labute approximate surface area is 78.7 Å². The quantitative estimate of drug-likeness (QED) is 0.509. The van der Waals surface area contributed by atoms with Crippen LogP contribution in [0.3, 0.4) is 0 Å². The first-order valence-electron chi connectivity index (χ1n) is 3.96. The van der Waals surface area contributed by atoms with E-state index in [2.05, 4.69) is 6.58 Å². The van der Waals surface area contributed by atoms with Gasteiger partial charge in [-0.1, -0.05) is 18.7 Å². The summed E-state index contributed by atoms with van der Waals surface area (Å²) in [6.45, 7) is 5.36. The molecule has 0 aliphatic heterocycles. The molecule has 0 aromatic carbocycles. The molecule has 1 amide bonds. The van der Waals surface area contributed by atoms with Crippen LogP contribution in [0.5, 0.6) is 0 Å². The average Bonchev–Trinajstić information content (AvgIpc) is 2.17. The number of nitrogens with zero attached hydrogens (tertiary/aromatic N) is 1. The lowest BCUT2D eigenvalue weighted by Crippen LogP contribution is -2.13. The molecule has 0 heterocycles. The third-order valence-corrected chi connectivity index (χ3v) is 1.55. The second-order valence-corrected chi connectivity index (χ2v) is 2.58. The second kappa shape index (κ2) is 6.20. The molecule has 0 aromatic rings. The van der Waals surface area contributed by atoms with Crippen LogP contribution < -0.4 is 0 Å². The number of carbonyl (C=O) groups excluding carboxylic acids is 1. The normalized spacial score (nSPS) is 11.8. The summed E-state index contributed by atoms with van der Waals surface area (Å²) in [6.07, 6.45) is 5.93. The number of hydrogen-bond donors (Lipinski definition) is 1. The Balaban J connectivity index is 4.38. The van der Waals surface area contributed by atoms with Gasteiger partial charge in [0.15, 0.2) is 0 Å². The van der Waals surface area contributed by atoms with Crippen molar-refractivity contribution >= 4 is 6.41 Å². The maximum Gasteiger partial charge on any atom is 0.213 e. The van der Waals surface area contributed by atoms with Crippen LogP contribution in [0.1, 0.15) is 6.92 Å². The maximum absolute atomic E-state index is 10.4. The van der Waals surface area contributed by atoms with E-state index in [-0.39, 0.29) is 6.61 Å². The monoisotopic (exact) mass is 181 g/mol. The van der Waals surface area contributed by atoms with Gasteiger partial charge in [0.05, 0.1) is 6.61 Å². The first-order chi connectivity index (χ1) is 6.15. The summed E-state index contributed by atoms with van der Waals surface area (Å²) in [5.74, 6) is 0. The van der Waals surface area contributed by atoms with Crippen molar-refractivity contribution < 1.29 is 9.90 Å². The van der Waals surface area contributed by atoms with Gasteiger partial charge in [0.2, 0.25) is 6.41 Å². The van der Waals surface area contributed by atoms with Gasteiger partial charge < -0.3 is 10.0 Å². The van der Waals surface area contributed by atoms with Crippen LogP contribution in [0, 0.1) is 0 Å². The molecule has 0 fully saturated rings. The van der Waals surface area contributed by atoms with E-state index in [0.717, 1.165) is 12.1 Å². The Morgan fingerprint density at radius 3 is 2.54 bits per heavy atom. The molecule has 0 bridgehead atoms. The van der Waals surface area contributed by atoms with Gasteiger partial charge >= 0.3 is 0 Å². The standard InChI is InChI=1S/C10H15NO2/c1-4-10(11(3)8-13)6-5-9(2)7-12/h4-6,8,12H,2,7H2,1,3H3/b6-5-,10-4+. The lowest BCUT2D eigenvalue weighted by Gasteiger charge is -2.10. The predicted molar refractivity (Wildman–Crippen MR) is 52.9 cm³/mol. The summed E-state index contributed by atoms with van der Waals surface area (Å²) >= 11 is 0. The van der Waals surface area contributed by atoms with Crippen molar-refractivity contribution in [3.63, 3.8) is 0 Å². The number of hydrogen-bond acceptors (Lipinski definition) is 2. The zero-order valence-corrected chi connectivity index (χ0v) is 8.03. The minimum absolute atomic E-state index is 0.0711. The van der Waals surface area contributed by atoms with Crippen LogP contribution >= 0.6 is 0 Å². The van der Waals surface area contributed by atoms with E-state index in [4.69, 9.17) is 5.11 Å². The van der Waals surface area contributed by atoms with Crippen molar-refractivity contribution in [1.82, 2.24) is 4.90 Å². The predicted octanol–water partition coefficient (Wildman–Crippen LogP) is 1.08. The first kappa shape index (κ1) is 11.6. The Bertz CT molecular complexity index is 241. The van der Waals surface area contributed by atoms with E-state index >= 15 is 0 Å². The zero-order chi connectivity index (χ0) is 10.3. The number of aliphatic hydroxyl groups is 1. The SMILES string of the molecule is C=C(/C=C\C(=C/C)N(C)C=O)CO. The largest absolute Gasteiger partial charge is 0.392 e. The summed E-state index contributed by atoms with van der Waals surface area (Å²) in [6, 6.07) is 0. The molecule has 3 heteroatoms. The van der Waals surface area contributed by atoms with E-state index in [1.807, 2.05) is 6.92 Å². The molecule has 0 rings (SSSR count). The molecular formula is C10H15NO2. The fourth-order valence-corrected chi connectivity index (χ4v) is 0.734. The van der Waals surface area contributed by atoms with Crippen molar-refractivity contribution in [2.75, 3.05) is 13.7 Å². The van der Waals surface area contributed by atoms with Gasteiger partial charge in [-0.3, -0.25) is 4.79 Å². The van der Waals surface area contributed by atoms with Crippen LogP contribution in [-0.4, -0.2) is 30.1 Å². The molecule has 0 atom stereocenters. The second-order valence-electron chi connectivity index (χ2n) is 2.58. The summed E-state index contributed by atoms with van der Waals surface area (Å²) < 4.78 is 0. The van der Waals surface area contributed by atoms with Crippen molar-refractivity contribution in [2.24, 2.45) is 0 Å². The van der Waals surface area contributed by atoms with Gasteiger partial charge in [-0.15, -0.1) is 0 Å². The number of allylic oxidation sites excluding steroid dienone is 2. The topological polar surface area (TPSA) is 40.5 Å². The highest BCUT2D eigenvalue weighted by Crippen LogP contribution is 2.02. The molecule has 1 N–H and O–H groups in total. The highest BCUT2D eigenvalue weighted by Gasteiger charge is 1.96. The van der Waals surface area contributed by atoms with Crippen LogP contribution in [0.25, 0.3) is 0 Å². The van der Waals surface area contributed by atoms with E-state index in [1.165, 1.54) is 4.90 Å². The van der Waals surface area contributed by atoms with E-state index in [1.54, 1.807) is 25.3 Å². The molecule has 0 spiro atoms. The molecular weight excluding hydrogens is 166 g/mol. The number of likely N-dealkylation sites (N-methyl/N-ethyl adjacent to an activating group) is 1. The third kappa shape index (κ3) is 4.28. The highest BCUT2D eigenvalue weighted by atomic mass is 16.3. The fraction of sp³-hybridized carbons (Fsp3) is 0.300. The summed E-state index contributed by atoms with van der Waals surface area (Å²) in [5.41, 5.74) is 1.38. The Kier molecular flexibility index (Phi) is 5.55. The van der Waals surface area contributed by atoms with Gasteiger partial charge in [-0.25, -0.2) is 0 Å². The molecule has 0 saturated carbocycles. The molecule has 0 aliphatic carbocycles. The molecule has 0 aliphatic rings.